The van der Waals surface area contributed by atoms with Crippen LogP contribution < -0.4 is 10.6 Å². The van der Waals surface area contributed by atoms with E-state index in [0.717, 1.165) is 41.9 Å². The molecule has 1 aromatic heterocycles. The maximum atomic E-state index is 12.5. The van der Waals surface area contributed by atoms with Crippen molar-refractivity contribution in [1.29, 1.82) is 0 Å². The first-order chi connectivity index (χ1) is 12.5. The zero-order valence-electron chi connectivity index (χ0n) is 14.2. The van der Waals surface area contributed by atoms with Gasteiger partial charge >= 0.3 is 5.97 Å². The van der Waals surface area contributed by atoms with Gasteiger partial charge in [-0.3, -0.25) is 0 Å². The molecule has 4 nitrogen and oxygen atoms in total. The molecule has 1 aromatic carbocycles. The minimum Gasteiger partial charge on any atom is -0.462 e. The SMILES string of the molecule is CCOC(=O)c1c(NC(=S)Nc2ccc(Cl)c(Cl)c2)sc2c1CCCC2. The van der Waals surface area contributed by atoms with Gasteiger partial charge in [0, 0.05) is 10.6 Å². The van der Waals surface area contributed by atoms with Crippen LogP contribution in [-0.2, 0) is 17.6 Å². The molecule has 0 saturated heterocycles. The average Bonchev–Trinajstić information content (AvgIpc) is 2.96. The number of aryl methyl sites for hydroxylation is 1. The lowest BCUT2D eigenvalue weighted by Crippen LogP contribution is -2.20. The van der Waals surface area contributed by atoms with Crippen molar-refractivity contribution in [2.24, 2.45) is 0 Å². The van der Waals surface area contributed by atoms with E-state index >= 15 is 0 Å². The molecule has 0 spiro atoms. The molecule has 0 aliphatic heterocycles. The zero-order valence-corrected chi connectivity index (χ0v) is 17.3. The Morgan fingerprint density at radius 1 is 1.23 bits per heavy atom. The highest BCUT2D eigenvalue weighted by Gasteiger charge is 2.26. The third kappa shape index (κ3) is 4.31. The molecular formula is C18H18Cl2N2O2S2. The first-order valence-electron chi connectivity index (χ1n) is 8.34. The van der Waals surface area contributed by atoms with Crippen molar-refractivity contribution in [3.63, 3.8) is 0 Å². The highest BCUT2D eigenvalue weighted by atomic mass is 35.5. The summed E-state index contributed by atoms with van der Waals surface area (Å²) in [4.78, 5) is 13.7. The van der Waals surface area contributed by atoms with E-state index in [1.165, 1.54) is 4.88 Å². The number of hydrogen-bond donors (Lipinski definition) is 2. The minimum atomic E-state index is -0.299. The van der Waals surface area contributed by atoms with Crippen LogP contribution in [0.4, 0.5) is 10.7 Å². The third-order valence-electron chi connectivity index (χ3n) is 4.06. The summed E-state index contributed by atoms with van der Waals surface area (Å²) in [5.41, 5.74) is 2.43. The monoisotopic (exact) mass is 428 g/mol. The van der Waals surface area contributed by atoms with Crippen molar-refractivity contribution in [3.05, 3.63) is 44.2 Å². The molecule has 1 heterocycles. The van der Waals surface area contributed by atoms with Crippen LogP contribution in [0.2, 0.25) is 10.0 Å². The number of carbonyl (C=O) groups is 1. The van der Waals surface area contributed by atoms with Crippen LogP contribution in [0.25, 0.3) is 0 Å². The van der Waals surface area contributed by atoms with E-state index in [9.17, 15) is 4.79 Å². The van der Waals surface area contributed by atoms with E-state index in [4.69, 9.17) is 40.2 Å². The second kappa shape index (κ2) is 8.57. The van der Waals surface area contributed by atoms with E-state index in [1.54, 1.807) is 36.5 Å². The Balaban J connectivity index is 1.81. The maximum Gasteiger partial charge on any atom is 0.341 e. The number of carbonyl (C=O) groups excluding carboxylic acids is 1. The molecule has 8 heteroatoms. The second-order valence-electron chi connectivity index (χ2n) is 5.84. The van der Waals surface area contributed by atoms with Crippen LogP contribution in [0, 0.1) is 0 Å². The van der Waals surface area contributed by atoms with E-state index in [2.05, 4.69) is 10.6 Å². The lowest BCUT2D eigenvalue weighted by atomic mass is 9.95. The second-order valence-corrected chi connectivity index (χ2v) is 8.17. The minimum absolute atomic E-state index is 0.299. The molecule has 2 N–H and O–H groups in total. The van der Waals surface area contributed by atoms with Gasteiger partial charge in [-0.05, 0) is 68.6 Å². The Kier molecular flexibility index (Phi) is 6.40. The molecule has 1 aliphatic carbocycles. The van der Waals surface area contributed by atoms with Crippen molar-refractivity contribution >= 4 is 68.5 Å². The Morgan fingerprint density at radius 2 is 2.00 bits per heavy atom. The highest BCUT2D eigenvalue weighted by molar-refractivity contribution is 7.80. The molecule has 1 aliphatic rings. The fraction of sp³-hybridized carbons (Fsp3) is 0.333. The summed E-state index contributed by atoms with van der Waals surface area (Å²) in [7, 11) is 0. The molecule has 0 radical (unpaired) electrons. The molecule has 138 valence electrons. The van der Waals surface area contributed by atoms with Gasteiger partial charge in [0.25, 0.3) is 0 Å². The lowest BCUT2D eigenvalue weighted by molar-refractivity contribution is 0.0526. The molecule has 3 rings (SSSR count). The average molecular weight is 429 g/mol. The van der Waals surface area contributed by atoms with Crippen molar-refractivity contribution in [2.45, 2.75) is 32.6 Å². The van der Waals surface area contributed by atoms with E-state index in [-0.39, 0.29) is 5.97 Å². The number of benzene rings is 1. The van der Waals surface area contributed by atoms with Gasteiger partial charge in [-0.2, -0.15) is 0 Å². The summed E-state index contributed by atoms with van der Waals surface area (Å²) in [6.45, 7) is 2.15. The number of thiocarbonyl (C=S) groups is 1. The zero-order chi connectivity index (χ0) is 18.7. The number of nitrogens with one attached hydrogen (secondary N) is 2. The number of ether oxygens (including phenoxy) is 1. The molecule has 0 saturated carbocycles. The predicted octanol–water partition coefficient (Wildman–Crippen LogP) is 5.92. The van der Waals surface area contributed by atoms with Crippen LogP contribution >= 0.6 is 46.8 Å². The Labute approximate surface area is 171 Å². The van der Waals surface area contributed by atoms with Crippen LogP contribution in [0.5, 0.6) is 0 Å². The summed E-state index contributed by atoms with van der Waals surface area (Å²) in [5, 5.41) is 8.25. The number of fused-ring (bicyclic) bond motifs is 1. The van der Waals surface area contributed by atoms with Gasteiger partial charge in [-0.25, -0.2) is 4.79 Å². The summed E-state index contributed by atoms with van der Waals surface area (Å²) in [6.07, 6.45) is 4.11. The fourth-order valence-electron chi connectivity index (χ4n) is 2.91. The Morgan fingerprint density at radius 3 is 2.73 bits per heavy atom. The molecule has 26 heavy (non-hydrogen) atoms. The Hall–Kier alpha value is -1.34. The van der Waals surface area contributed by atoms with Crippen LogP contribution in [-0.4, -0.2) is 17.7 Å². The number of hydrogen-bond acceptors (Lipinski definition) is 4. The van der Waals surface area contributed by atoms with Gasteiger partial charge < -0.3 is 15.4 Å². The third-order valence-corrected chi connectivity index (χ3v) is 6.21. The summed E-state index contributed by atoms with van der Waals surface area (Å²) < 4.78 is 5.25. The highest BCUT2D eigenvalue weighted by Crippen LogP contribution is 2.38. The maximum absolute atomic E-state index is 12.5. The van der Waals surface area contributed by atoms with Crippen LogP contribution in [0.3, 0.4) is 0 Å². The number of anilines is 2. The lowest BCUT2D eigenvalue weighted by Gasteiger charge is -2.13. The first kappa shape index (κ1) is 19.4. The largest absolute Gasteiger partial charge is 0.462 e. The summed E-state index contributed by atoms with van der Waals surface area (Å²) in [5.74, 6) is -0.299. The number of rotatable bonds is 4. The van der Waals surface area contributed by atoms with E-state index in [0.29, 0.717) is 27.3 Å². The summed E-state index contributed by atoms with van der Waals surface area (Å²) in [6, 6.07) is 5.18. The van der Waals surface area contributed by atoms with Gasteiger partial charge in [0.05, 0.1) is 22.2 Å². The van der Waals surface area contributed by atoms with Gasteiger partial charge in [-0.1, -0.05) is 23.2 Å². The first-order valence-corrected chi connectivity index (χ1v) is 10.3. The molecule has 0 bridgehead atoms. The van der Waals surface area contributed by atoms with Crippen molar-refractivity contribution < 1.29 is 9.53 Å². The molecule has 0 fully saturated rings. The molecule has 0 unspecified atom stereocenters. The molecule has 0 atom stereocenters. The smallest absolute Gasteiger partial charge is 0.341 e. The fourth-order valence-corrected chi connectivity index (χ4v) is 4.78. The topological polar surface area (TPSA) is 50.4 Å². The van der Waals surface area contributed by atoms with Crippen molar-refractivity contribution in [1.82, 2.24) is 0 Å². The number of halogens is 2. The van der Waals surface area contributed by atoms with E-state index < -0.39 is 0 Å². The van der Waals surface area contributed by atoms with Gasteiger partial charge in [-0.15, -0.1) is 11.3 Å². The summed E-state index contributed by atoms with van der Waals surface area (Å²) >= 11 is 18.9. The molecular weight excluding hydrogens is 411 g/mol. The van der Waals surface area contributed by atoms with Gasteiger partial charge in [0.1, 0.15) is 5.00 Å². The van der Waals surface area contributed by atoms with Crippen LogP contribution in [0.1, 0.15) is 40.6 Å². The quantitative estimate of drug-likeness (QED) is 0.467. The normalized spacial score (nSPS) is 13.0. The van der Waals surface area contributed by atoms with E-state index in [1.807, 2.05) is 0 Å². The van der Waals surface area contributed by atoms with Crippen molar-refractivity contribution in [2.75, 3.05) is 17.2 Å². The van der Waals surface area contributed by atoms with Crippen molar-refractivity contribution in [3.8, 4) is 0 Å². The number of esters is 1. The Bertz CT molecular complexity index is 852. The van der Waals surface area contributed by atoms with Crippen LogP contribution in [0.15, 0.2) is 18.2 Å². The molecule has 2 aromatic rings. The van der Waals surface area contributed by atoms with Gasteiger partial charge in [0.2, 0.25) is 0 Å². The predicted molar refractivity (Wildman–Crippen MR) is 113 cm³/mol. The van der Waals surface area contributed by atoms with Gasteiger partial charge in [0.15, 0.2) is 5.11 Å². The number of thiophene rings is 1. The standard InChI is InChI=1S/C18H18Cl2N2O2S2/c1-2-24-17(23)15-11-5-3-4-6-14(11)26-16(15)22-18(25)21-10-7-8-12(19)13(20)9-10/h7-9H,2-6H2,1H3,(H2,21,22,25). The molecule has 0 amide bonds.